The maximum Gasteiger partial charge on any atom is 0.338 e. The Morgan fingerprint density at radius 3 is 2.26 bits per heavy atom. The van der Waals surface area contributed by atoms with Crippen LogP contribution in [0, 0.1) is 6.92 Å². The molecular weight excluding hydrogens is 292 g/mol. The van der Waals surface area contributed by atoms with Crippen LogP contribution in [-0.4, -0.2) is 23.0 Å². The van der Waals surface area contributed by atoms with E-state index < -0.39 is 12.1 Å². The zero-order valence-electron chi connectivity index (χ0n) is 13.5. The Labute approximate surface area is 135 Å². The third-order valence-electron chi connectivity index (χ3n) is 3.74. The van der Waals surface area contributed by atoms with Gasteiger partial charge in [0.25, 0.3) is 0 Å². The maximum absolute atomic E-state index is 12.3. The van der Waals surface area contributed by atoms with Crippen molar-refractivity contribution in [1.82, 2.24) is 0 Å². The monoisotopic (exact) mass is 312 g/mol. The van der Waals surface area contributed by atoms with E-state index in [1.165, 1.54) is 6.07 Å². The predicted octanol–water partition coefficient (Wildman–Crippen LogP) is 3.69. The highest BCUT2D eigenvalue weighted by Crippen LogP contribution is 2.19. The summed E-state index contributed by atoms with van der Waals surface area (Å²) >= 11 is 0. The van der Waals surface area contributed by atoms with Gasteiger partial charge in [-0.15, -0.1) is 0 Å². The molecule has 0 aromatic heterocycles. The van der Waals surface area contributed by atoms with E-state index in [1.54, 1.807) is 38.1 Å². The van der Waals surface area contributed by atoms with Crippen molar-refractivity contribution in [2.45, 2.75) is 33.3 Å². The van der Waals surface area contributed by atoms with E-state index >= 15 is 0 Å². The van der Waals surface area contributed by atoms with Gasteiger partial charge in [0.15, 0.2) is 6.10 Å². The Morgan fingerprint density at radius 2 is 1.70 bits per heavy atom. The third kappa shape index (κ3) is 3.97. The van der Waals surface area contributed by atoms with Crippen LogP contribution in [0.2, 0.25) is 0 Å². The van der Waals surface area contributed by atoms with Crippen molar-refractivity contribution < 1.29 is 19.4 Å². The zero-order chi connectivity index (χ0) is 17.0. The molecule has 0 aliphatic heterocycles. The largest absolute Gasteiger partial charge is 0.508 e. The highest BCUT2D eigenvalue weighted by molar-refractivity contribution is 6.01. The summed E-state index contributed by atoms with van der Waals surface area (Å²) in [7, 11) is 0. The number of aromatic hydroxyl groups is 1. The quantitative estimate of drug-likeness (QED) is 0.675. The summed E-state index contributed by atoms with van der Waals surface area (Å²) in [5.41, 5.74) is 2.53. The maximum atomic E-state index is 12.3. The van der Waals surface area contributed by atoms with Crippen LogP contribution in [0.1, 0.15) is 45.7 Å². The summed E-state index contributed by atoms with van der Waals surface area (Å²) in [6.45, 7) is 5.32. The molecule has 0 aliphatic carbocycles. The van der Waals surface area contributed by atoms with Crippen molar-refractivity contribution in [3.63, 3.8) is 0 Å². The van der Waals surface area contributed by atoms with Crippen molar-refractivity contribution >= 4 is 11.8 Å². The Morgan fingerprint density at radius 1 is 1.09 bits per heavy atom. The fraction of sp³-hybridized carbons (Fsp3) is 0.263. The van der Waals surface area contributed by atoms with Gasteiger partial charge in [0, 0.05) is 5.56 Å². The molecule has 1 atom stereocenters. The molecule has 2 rings (SSSR count). The molecule has 0 heterocycles. The van der Waals surface area contributed by atoms with Crippen molar-refractivity contribution in [3.05, 3.63) is 64.7 Å². The van der Waals surface area contributed by atoms with Gasteiger partial charge in [0.2, 0.25) is 5.78 Å². The van der Waals surface area contributed by atoms with E-state index in [2.05, 4.69) is 0 Å². The average molecular weight is 312 g/mol. The van der Waals surface area contributed by atoms with E-state index in [-0.39, 0.29) is 17.1 Å². The first kappa shape index (κ1) is 16.7. The van der Waals surface area contributed by atoms with Crippen molar-refractivity contribution in [1.29, 1.82) is 0 Å². The number of hydrogen-bond donors (Lipinski definition) is 1. The van der Waals surface area contributed by atoms with Crippen LogP contribution in [0.25, 0.3) is 0 Å². The molecule has 0 aliphatic rings. The van der Waals surface area contributed by atoms with E-state index in [4.69, 9.17) is 4.74 Å². The fourth-order valence-corrected chi connectivity index (χ4v) is 2.16. The topological polar surface area (TPSA) is 63.6 Å². The molecular formula is C19H20O4. The first-order chi connectivity index (χ1) is 10.9. The van der Waals surface area contributed by atoms with Crippen LogP contribution in [0.5, 0.6) is 5.75 Å². The molecule has 120 valence electrons. The second-order valence-corrected chi connectivity index (χ2v) is 5.46. The summed E-state index contributed by atoms with van der Waals surface area (Å²) in [4.78, 5) is 24.4. The molecule has 4 nitrogen and oxygen atoms in total. The van der Waals surface area contributed by atoms with Gasteiger partial charge in [-0.25, -0.2) is 4.79 Å². The number of phenolic OH excluding ortho intramolecular Hbond substituents is 1. The number of rotatable bonds is 5. The number of ether oxygens (including phenoxy) is 1. The van der Waals surface area contributed by atoms with E-state index in [0.717, 1.165) is 12.0 Å². The second-order valence-electron chi connectivity index (χ2n) is 5.46. The molecule has 0 spiro atoms. The SMILES string of the molecule is CCc1ccc(C(=O)C(C)OC(=O)c2ccc(C)c(O)c2)cc1. The van der Waals surface area contributed by atoms with Crippen LogP contribution in [-0.2, 0) is 11.2 Å². The summed E-state index contributed by atoms with van der Waals surface area (Å²) in [5, 5.41) is 9.64. The van der Waals surface area contributed by atoms with Gasteiger partial charge in [0.1, 0.15) is 5.75 Å². The number of benzene rings is 2. The van der Waals surface area contributed by atoms with Gasteiger partial charge in [-0.1, -0.05) is 37.3 Å². The van der Waals surface area contributed by atoms with Crippen molar-refractivity contribution in [2.75, 3.05) is 0 Å². The van der Waals surface area contributed by atoms with Crippen LogP contribution in [0.4, 0.5) is 0 Å². The van der Waals surface area contributed by atoms with Gasteiger partial charge < -0.3 is 9.84 Å². The lowest BCUT2D eigenvalue weighted by molar-refractivity contribution is 0.0318. The first-order valence-corrected chi connectivity index (χ1v) is 7.56. The van der Waals surface area contributed by atoms with Gasteiger partial charge in [-0.05, 0) is 43.5 Å². The van der Waals surface area contributed by atoms with Crippen LogP contribution in [0.15, 0.2) is 42.5 Å². The normalized spacial score (nSPS) is 11.8. The van der Waals surface area contributed by atoms with Crippen LogP contribution < -0.4 is 0 Å². The summed E-state index contributed by atoms with van der Waals surface area (Å²) in [6.07, 6.45) is 0.00839. The molecule has 1 unspecified atom stereocenters. The van der Waals surface area contributed by atoms with Gasteiger partial charge in [-0.2, -0.15) is 0 Å². The van der Waals surface area contributed by atoms with E-state index in [1.807, 2.05) is 19.1 Å². The third-order valence-corrected chi connectivity index (χ3v) is 3.74. The number of Topliss-reactive ketones (excluding diaryl/α,β-unsaturated/α-hetero) is 1. The number of ketones is 1. The standard InChI is InChI=1S/C19H20O4/c1-4-14-6-9-15(10-7-14)18(21)13(3)23-19(22)16-8-5-12(2)17(20)11-16/h5-11,13,20H,4H2,1-3H3. The number of hydrogen-bond acceptors (Lipinski definition) is 4. The molecule has 23 heavy (non-hydrogen) atoms. The molecule has 4 heteroatoms. The number of carbonyl (C=O) groups excluding carboxylic acids is 2. The Kier molecular flexibility index (Phi) is 5.16. The number of phenols is 1. The average Bonchev–Trinajstić information content (AvgIpc) is 2.56. The fourth-order valence-electron chi connectivity index (χ4n) is 2.16. The minimum Gasteiger partial charge on any atom is -0.508 e. The van der Waals surface area contributed by atoms with Crippen LogP contribution in [0.3, 0.4) is 0 Å². The highest BCUT2D eigenvalue weighted by Gasteiger charge is 2.20. The smallest absolute Gasteiger partial charge is 0.338 e. The number of esters is 1. The lowest BCUT2D eigenvalue weighted by atomic mass is 10.0. The molecule has 0 amide bonds. The zero-order valence-corrected chi connectivity index (χ0v) is 13.5. The molecule has 0 saturated heterocycles. The summed E-state index contributed by atoms with van der Waals surface area (Å²) < 4.78 is 5.20. The van der Waals surface area contributed by atoms with Gasteiger partial charge >= 0.3 is 5.97 Å². The number of aryl methyl sites for hydroxylation is 2. The van der Waals surface area contributed by atoms with E-state index in [9.17, 15) is 14.7 Å². The summed E-state index contributed by atoms with van der Waals surface area (Å²) in [5.74, 6) is -0.864. The molecule has 0 fully saturated rings. The van der Waals surface area contributed by atoms with E-state index in [0.29, 0.717) is 11.1 Å². The van der Waals surface area contributed by atoms with Gasteiger partial charge in [0.05, 0.1) is 5.56 Å². The second kappa shape index (κ2) is 7.09. The molecule has 1 N–H and O–H groups in total. The Bertz CT molecular complexity index is 717. The van der Waals surface area contributed by atoms with Crippen molar-refractivity contribution in [3.8, 4) is 5.75 Å². The van der Waals surface area contributed by atoms with Gasteiger partial charge in [-0.3, -0.25) is 4.79 Å². The molecule has 2 aromatic rings. The predicted molar refractivity (Wildman–Crippen MR) is 87.9 cm³/mol. The lowest BCUT2D eigenvalue weighted by Crippen LogP contribution is -2.24. The number of carbonyl (C=O) groups is 2. The first-order valence-electron chi connectivity index (χ1n) is 7.56. The van der Waals surface area contributed by atoms with Crippen molar-refractivity contribution in [2.24, 2.45) is 0 Å². The lowest BCUT2D eigenvalue weighted by Gasteiger charge is -2.13. The minimum absolute atomic E-state index is 0.0218. The molecule has 0 radical (unpaired) electrons. The Hall–Kier alpha value is -2.62. The van der Waals surface area contributed by atoms with Crippen LogP contribution >= 0.6 is 0 Å². The molecule has 0 saturated carbocycles. The highest BCUT2D eigenvalue weighted by atomic mass is 16.5. The molecule has 2 aromatic carbocycles. The molecule has 0 bridgehead atoms. The minimum atomic E-state index is -0.890. The Balaban J connectivity index is 2.07. The summed E-state index contributed by atoms with van der Waals surface area (Å²) in [6, 6.07) is 11.8.